The van der Waals surface area contributed by atoms with Crippen molar-refractivity contribution in [2.75, 3.05) is 6.54 Å². The lowest BCUT2D eigenvalue weighted by molar-refractivity contribution is -0.121. The number of amides is 1. The van der Waals surface area contributed by atoms with Crippen LogP contribution in [0.5, 0.6) is 0 Å². The number of fused-ring (bicyclic) bond motifs is 1. The summed E-state index contributed by atoms with van der Waals surface area (Å²) in [5.41, 5.74) is 1.29. The van der Waals surface area contributed by atoms with Gasteiger partial charge >= 0.3 is 0 Å². The molecule has 0 aliphatic heterocycles. The van der Waals surface area contributed by atoms with E-state index in [0.29, 0.717) is 18.5 Å². The largest absolute Gasteiger partial charge is 0.393 e. The van der Waals surface area contributed by atoms with Crippen LogP contribution in [-0.4, -0.2) is 28.6 Å². The minimum Gasteiger partial charge on any atom is -0.393 e. The molecule has 0 radical (unpaired) electrons. The van der Waals surface area contributed by atoms with Crippen LogP contribution in [0.25, 0.3) is 10.9 Å². The Kier molecular flexibility index (Phi) is 4.76. The minimum atomic E-state index is -0.293. The Hall–Kier alpha value is -2.14. The molecule has 0 bridgehead atoms. The molecule has 2 unspecified atom stereocenters. The van der Waals surface area contributed by atoms with Crippen LogP contribution in [0.3, 0.4) is 0 Å². The number of pyridine rings is 1. The molecule has 1 aromatic heterocycles. The predicted octanol–water partition coefficient (Wildman–Crippen LogP) is 1.74. The maximum atomic E-state index is 12.0. The van der Waals surface area contributed by atoms with Gasteiger partial charge in [0.2, 0.25) is 5.91 Å². The topological polar surface area (TPSA) is 82.2 Å². The molecule has 23 heavy (non-hydrogen) atoms. The quantitative estimate of drug-likeness (QED) is 0.786. The van der Waals surface area contributed by atoms with Crippen LogP contribution in [0.4, 0.5) is 0 Å². The van der Waals surface area contributed by atoms with Crippen molar-refractivity contribution >= 4 is 16.8 Å². The number of H-pyrrole nitrogens is 1. The standard InChI is InChI=1S/C18H22N2O3/c21-16-7-3-5-14(16)11-19-17(22)9-8-13-10-12-4-1-2-6-15(12)20-18(13)23/h1-2,4,6,10,14,16,21H,3,5,7-9,11H2,(H,19,22)(H,20,23). The van der Waals surface area contributed by atoms with Crippen LogP contribution >= 0.6 is 0 Å². The summed E-state index contributed by atoms with van der Waals surface area (Å²) in [6.07, 6.45) is 3.22. The molecule has 1 aliphatic carbocycles. The lowest BCUT2D eigenvalue weighted by atomic mass is 10.1. The number of hydrogen-bond acceptors (Lipinski definition) is 3. The van der Waals surface area contributed by atoms with E-state index in [9.17, 15) is 14.7 Å². The van der Waals surface area contributed by atoms with E-state index in [1.807, 2.05) is 30.3 Å². The molecule has 1 aliphatic rings. The number of para-hydroxylation sites is 1. The lowest BCUT2D eigenvalue weighted by Crippen LogP contribution is -2.32. The van der Waals surface area contributed by atoms with E-state index >= 15 is 0 Å². The van der Waals surface area contributed by atoms with Crippen molar-refractivity contribution in [1.82, 2.24) is 10.3 Å². The Morgan fingerprint density at radius 3 is 2.91 bits per heavy atom. The molecule has 5 heteroatoms. The first-order chi connectivity index (χ1) is 11.1. The number of aromatic nitrogens is 1. The van der Waals surface area contributed by atoms with E-state index in [-0.39, 0.29) is 29.9 Å². The lowest BCUT2D eigenvalue weighted by Gasteiger charge is -2.15. The number of carbonyl (C=O) groups excluding carboxylic acids is 1. The van der Waals surface area contributed by atoms with Crippen LogP contribution < -0.4 is 10.9 Å². The number of aryl methyl sites for hydroxylation is 1. The Balaban J connectivity index is 1.56. The summed E-state index contributed by atoms with van der Waals surface area (Å²) in [5.74, 6) is 0.0969. The molecular weight excluding hydrogens is 292 g/mol. The van der Waals surface area contributed by atoms with Crippen molar-refractivity contribution in [3.8, 4) is 0 Å². The molecule has 5 nitrogen and oxygen atoms in total. The molecule has 0 spiro atoms. The third-order valence-corrected chi connectivity index (χ3v) is 4.63. The minimum absolute atomic E-state index is 0.0725. The first kappa shape index (κ1) is 15.7. The number of rotatable bonds is 5. The Bertz CT molecular complexity index is 753. The van der Waals surface area contributed by atoms with Crippen LogP contribution in [0, 0.1) is 5.92 Å². The molecular formula is C18H22N2O3. The first-order valence-electron chi connectivity index (χ1n) is 8.19. The molecule has 1 aromatic carbocycles. The summed E-state index contributed by atoms with van der Waals surface area (Å²) < 4.78 is 0. The fraction of sp³-hybridized carbons (Fsp3) is 0.444. The van der Waals surface area contributed by atoms with Gasteiger partial charge in [-0.3, -0.25) is 9.59 Å². The van der Waals surface area contributed by atoms with E-state index < -0.39 is 0 Å². The van der Waals surface area contributed by atoms with Gasteiger partial charge in [0.25, 0.3) is 5.56 Å². The smallest absolute Gasteiger partial charge is 0.251 e. The van der Waals surface area contributed by atoms with Gasteiger partial charge in [0, 0.05) is 30.0 Å². The number of aromatic amines is 1. The third kappa shape index (κ3) is 3.79. The molecule has 2 aromatic rings. The fourth-order valence-corrected chi connectivity index (χ4v) is 3.22. The van der Waals surface area contributed by atoms with Gasteiger partial charge in [-0.1, -0.05) is 24.6 Å². The highest BCUT2D eigenvalue weighted by Crippen LogP contribution is 2.24. The zero-order valence-corrected chi connectivity index (χ0v) is 13.0. The van der Waals surface area contributed by atoms with Gasteiger partial charge in [-0.25, -0.2) is 0 Å². The fourth-order valence-electron chi connectivity index (χ4n) is 3.22. The number of aliphatic hydroxyl groups excluding tert-OH is 1. The number of nitrogens with one attached hydrogen (secondary N) is 2. The maximum absolute atomic E-state index is 12.0. The maximum Gasteiger partial charge on any atom is 0.251 e. The van der Waals surface area contributed by atoms with Crippen LogP contribution in [0.15, 0.2) is 35.1 Å². The highest BCUT2D eigenvalue weighted by Gasteiger charge is 2.25. The van der Waals surface area contributed by atoms with Crippen molar-refractivity contribution < 1.29 is 9.90 Å². The Labute approximate surface area is 134 Å². The zero-order chi connectivity index (χ0) is 16.2. The van der Waals surface area contributed by atoms with Gasteiger partial charge in [0.1, 0.15) is 0 Å². The SMILES string of the molecule is O=C(CCc1cc2ccccc2[nH]c1=O)NCC1CCCC1O. The average molecular weight is 314 g/mol. The van der Waals surface area contributed by atoms with Crippen molar-refractivity contribution in [2.24, 2.45) is 5.92 Å². The second-order valence-electron chi connectivity index (χ2n) is 6.27. The van der Waals surface area contributed by atoms with Crippen molar-refractivity contribution in [3.05, 3.63) is 46.2 Å². The monoisotopic (exact) mass is 314 g/mol. The molecule has 0 saturated heterocycles. The van der Waals surface area contributed by atoms with Crippen LogP contribution in [0.2, 0.25) is 0 Å². The number of carbonyl (C=O) groups is 1. The summed E-state index contributed by atoms with van der Waals surface area (Å²) in [5, 5.41) is 13.6. The molecule has 1 amide bonds. The van der Waals surface area contributed by atoms with Gasteiger partial charge in [-0.05, 0) is 36.8 Å². The van der Waals surface area contributed by atoms with E-state index in [2.05, 4.69) is 10.3 Å². The molecule has 3 N–H and O–H groups in total. The van der Waals surface area contributed by atoms with Gasteiger partial charge in [-0.2, -0.15) is 0 Å². The number of hydrogen-bond donors (Lipinski definition) is 3. The summed E-state index contributed by atoms with van der Waals surface area (Å²) in [4.78, 5) is 26.8. The second kappa shape index (κ2) is 6.96. The Morgan fingerprint density at radius 2 is 2.13 bits per heavy atom. The van der Waals surface area contributed by atoms with Crippen molar-refractivity contribution in [1.29, 1.82) is 0 Å². The summed E-state index contributed by atoms with van der Waals surface area (Å²) in [6, 6.07) is 9.45. The van der Waals surface area contributed by atoms with Crippen molar-refractivity contribution in [2.45, 2.75) is 38.2 Å². The zero-order valence-electron chi connectivity index (χ0n) is 13.0. The summed E-state index contributed by atoms with van der Waals surface area (Å²) in [7, 11) is 0. The summed E-state index contributed by atoms with van der Waals surface area (Å²) in [6.45, 7) is 0.522. The molecule has 2 atom stereocenters. The van der Waals surface area contributed by atoms with E-state index in [0.717, 1.165) is 30.2 Å². The third-order valence-electron chi connectivity index (χ3n) is 4.63. The molecule has 122 valence electrons. The van der Waals surface area contributed by atoms with Gasteiger partial charge < -0.3 is 15.4 Å². The van der Waals surface area contributed by atoms with E-state index in [1.165, 1.54) is 0 Å². The molecule has 1 fully saturated rings. The van der Waals surface area contributed by atoms with Gasteiger partial charge in [0.15, 0.2) is 0 Å². The number of aliphatic hydroxyl groups is 1. The molecule has 3 rings (SSSR count). The van der Waals surface area contributed by atoms with Crippen molar-refractivity contribution in [3.63, 3.8) is 0 Å². The van der Waals surface area contributed by atoms with Gasteiger partial charge in [0.05, 0.1) is 6.10 Å². The molecule has 1 heterocycles. The van der Waals surface area contributed by atoms with Crippen LogP contribution in [-0.2, 0) is 11.2 Å². The average Bonchev–Trinajstić information content (AvgIpc) is 2.96. The summed E-state index contributed by atoms with van der Waals surface area (Å²) >= 11 is 0. The van der Waals surface area contributed by atoms with E-state index in [4.69, 9.17) is 0 Å². The highest BCUT2D eigenvalue weighted by atomic mass is 16.3. The number of benzene rings is 1. The Morgan fingerprint density at radius 1 is 1.30 bits per heavy atom. The highest BCUT2D eigenvalue weighted by molar-refractivity contribution is 5.79. The van der Waals surface area contributed by atoms with E-state index in [1.54, 1.807) is 0 Å². The predicted molar refractivity (Wildman–Crippen MR) is 89.2 cm³/mol. The van der Waals surface area contributed by atoms with Gasteiger partial charge in [-0.15, -0.1) is 0 Å². The molecule has 1 saturated carbocycles. The normalized spacial score (nSPS) is 20.7. The first-order valence-corrected chi connectivity index (χ1v) is 8.19. The van der Waals surface area contributed by atoms with Crippen LogP contribution in [0.1, 0.15) is 31.2 Å². The second-order valence-corrected chi connectivity index (χ2v) is 6.27.